The molecule has 0 bridgehead atoms. The lowest BCUT2D eigenvalue weighted by Gasteiger charge is -2.51. The molecule has 10 heterocycles. The van der Waals surface area contributed by atoms with E-state index >= 15 is 0 Å². The van der Waals surface area contributed by atoms with E-state index in [2.05, 4.69) is 16.0 Å². The highest BCUT2D eigenvalue weighted by atomic mass is 16.8. The van der Waals surface area contributed by atoms with E-state index in [1.54, 1.807) is 0 Å². The molecule has 54 heteroatoms. The third-order valence-corrected chi connectivity index (χ3v) is 22.0. The molecule has 31 N–H and O–H groups in total. The normalized spacial score (nSPS) is 50.4. The Hall–Kier alpha value is -3.96. The molecule has 3 amide bonds. The number of hydrogen-bond acceptors (Lipinski definition) is 50. The molecule has 0 spiro atoms. The van der Waals surface area contributed by atoms with Crippen LogP contribution in [-0.4, -0.2) is 526 Å². The van der Waals surface area contributed by atoms with Crippen molar-refractivity contribution in [1.82, 2.24) is 16.0 Å². The SMILES string of the molecule is CC(=O)N[C@@H]1[C@@H](O)[C@H](O[C@@H]2O[C@H](CO)[C@@H](O[C@@H]3O[C@H](CO[C@H]4O[C@H](CO)[C@@H](O)[C@H](O[C@H]5O[C@H](CO)[C@@H](O)[C@H](O)[C@@H]5O)[C@@H]4O)[C@@H](O)[C@H](O[C@H]4O[C@H](CO)[C@@H](O)[C@H](O)[C@@H]4O[C@@H]4O[C@H](CO)[C@@H](O[C@@H]5O[C@H](CO)[C@H](O)[C@H](O[C@H]6O[C@H](C(=O)O)[C@@H](O)[C@H](O)[C@H]6O)[C@H]5O)[C@H](O)[C@H]4NC(C)=O)[C@@H]3O)[C@H](O)[C@H]2NC(C)=O)[C@@H](CO[C@H]2O[C@H](C)[C@H](O)[C@H](O)[C@H]2O)O[C@H]1O. The maximum Gasteiger partial charge on any atom is 0.335 e. The molecule has 0 radical (unpaired) electrons. The van der Waals surface area contributed by atoms with Gasteiger partial charge in [-0.2, -0.15) is 0 Å². The van der Waals surface area contributed by atoms with Crippen LogP contribution in [0.25, 0.3) is 0 Å². The average Bonchev–Trinajstić information content (AvgIpc) is 0.764. The summed E-state index contributed by atoms with van der Waals surface area (Å²) in [5.41, 5.74) is 0. The van der Waals surface area contributed by atoms with Gasteiger partial charge >= 0.3 is 5.97 Å². The monoisotopic (exact) mass is 1760 g/mol. The van der Waals surface area contributed by atoms with Crippen LogP contribution in [-0.2, 0) is 109 Å². The van der Waals surface area contributed by atoms with Gasteiger partial charge in [-0.3, -0.25) is 14.4 Å². The standard InChI is InChI=1S/C66H109N3O51/c1-13-28(79)37(88)42(93)60(104-13)103-12-24-50(34(85)25(57(101)105-24)67-14(2)76)113-58-26(68-15(3)77)35(86)49(21(9-74)110-58)115-65-47(98)53(33(84)23(112-65)11-102-61-45(96)51(31(82)19(7-72)106-61)116-62-43(94)38(89)29(80)17(5-70)107-62)118-66-55(40(91)30(81)18(6-71)109-66)120-59-27(69-16(4)78)36(87)48(22(10-75)111-59)114-64-46(97)52(32(83)20(8-73)108-64)117-63-44(95)39(90)41(92)54(119-63)56(99)100/h13,17-55,57-66,70-75,79-98,101H,5-12H2,1-4H3,(H,67,76)(H,68,77)(H,69,78)(H,99,100)/t13-,17-,18-,19-,20-,21-,22-,23-,24-,25-,26-,27-,28+,29-,30-,31-,32+,33-,34-,35-,36-,37+,38+,39+,40+,41+,42-,43+,44-,45+,46-,47+,48-,49-,50-,51+,52+,53+,54+,55+,57-,58+,59+,60+,61+,62-,63+,64+,65+,66-/m1/s1. The number of carbonyl (C=O) groups is 4. The Kier molecular flexibility index (Phi) is 34.6. The third-order valence-electron chi connectivity index (χ3n) is 22.0. The van der Waals surface area contributed by atoms with E-state index in [0.29, 0.717) is 0 Å². The number of aliphatic carboxylic acids is 1. The van der Waals surface area contributed by atoms with Gasteiger partial charge in [0.2, 0.25) is 17.7 Å². The van der Waals surface area contributed by atoms with Gasteiger partial charge in [-0.25, -0.2) is 4.79 Å². The summed E-state index contributed by atoms with van der Waals surface area (Å²) in [6, 6.07) is -5.84. The molecule has 10 fully saturated rings. The highest BCUT2D eigenvalue weighted by Gasteiger charge is 2.62. The molecule has 694 valence electrons. The van der Waals surface area contributed by atoms with Crippen molar-refractivity contribution in [3.05, 3.63) is 0 Å². The zero-order valence-corrected chi connectivity index (χ0v) is 63.9. The molecule has 10 aliphatic rings. The van der Waals surface area contributed by atoms with Gasteiger partial charge in [-0.15, -0.1) is 0 Å². The van der Waals surface area contributed by atoms with E-state index in [1.807, 2.05) is 0 Å². The number of amides is 3. The Morgan fingerprint density at radius 2 is 0.558 bits per heavy atom. The van der Waals surface area contributed by atoms with Crippen molar-refractivity contribution in [2.45, 2.75) is 335 Å². The van der Waals surface area contributed by atoms with Crippen molar-refractivity contribution in [2.75, 3.05) is 52.9 Å². The number of aliphatic hydroxyl groups excluding tert-OH is 27. The van der Waals surface area contributed by atoms with Gasteiger partial charge in [0.1, 0.15) is 232 Å². The molecule has 0 unspecified atom stereocenters. The molecule has 10 rings (SSSR count). The number of nitrogens with one attached hydrogen (secondary N) is 3. The molecule has 120 heavy (non-hydrogen) atoms. The van der Waals surface area contributed by atoms with Crippen molar-refractivity contribution in [3.63, 3.8) is 0 Å². The number of aliphatic hydroxyl groups is 27. The van der Waals surface area contributed by atoms with Gasteiger partial charge < -0.3 is 249 Å². The topological polar surface area (TPSA) is 846 Å². The largest absolute Gasteiger partial charge is 0.479 e. The van der Waals surface area contributed by atoms with E-state index in [9.17, 15) is 162 Å². The van der Waals surface area contributed by atoms with Crippen LogP contribution in [0.4, 0.5) is 0 Å². The lowest BCUT2D eigenvalue weighted by atomic mass is 9.93. The molecular formula is C66H109N3O51. The second kappa shape index (κ2) is 42.3. The Labute approximate surface area is 677 Å². The van der Waals surface area contributed by atoms with E-state index < -0.39 is 383 Å². The van der Waals surface area contributed by atoms with Crippen LogP contribution in [0.1, 0.15) is 27.7 Å². The predicted octanol–water partition coefficient (Wildman–Crippen LogP) is -21.3. The maximum absolute atomic E-state index is 13.2. The minimum absolute atomic E-state index is 0.843. The first-order valence-electron chi connectivity index (χ1n) is 38.0. The van der Waals surface area contributed by atoms with Crippen LogP contribution >= 0.6 is 0 Å². The fourth-order valence-electron chi connectivity index (χ4n) is 15.4. The Bertz CT molecular complexity index is 3250. The third kappa shape index (κ3) is 21.2. The zero-order chi connectivity index (χ0) is 88.4. The summed E-state index contributed by atoms with van der Waals surface area (Å²) >= 11 is 0. The van der Waals surface area contributed by atoms with Crippen molar-refractivity contribution in [2.24, 2.45) is 0 Å². The fourth-order valence-corrected chi connectivity index (χ4v) is 15.4. The van der Waals surface area contributed by atoms with Gasteiger partial charge in [0.05, 0.1) is 59.0 Å². The maximum atomic E-state index is 13.2. The summed E-state index contributed by atoms with van der Waals surface area (Å²) in [6.45, 7) is -4.91. The van der Waals surface area contributed by atoms with E-state index in [-0.39, 0.29) is 0 Å². The van der Waals surface area contributed by atoms with Gasteiger partial charge in [0.25, 0.3) is 0 Å². The summed E-state index contributed by atoms with van der Waals surface area (Å²) in [7, 11) is 0. The second-order valence-corrected chi connectivity index (χ2v) is 30.3. The predicted molar refractivity (Wildman–Crippen MR) is 364 cm³/mol. The molecule has 0 saturated carbocycles. The average molecular weight is 1760 g/mol. The molecule has 50 atom stereocenters. The number of hydrogen-bond donors (Lipinski definition) is 31. The van der Waals surface area contributed by atoms with Crippen LogP contribution in [0.3, 0.4) is 0 Å². The Balaban J connectivity index is 0.951. The lowest BCUT2D eigenvalue weighted by Crippen LogP contribution is -2.71. The fraction of sp³-hybridized carbons (Fsp3) is 0.939. The summed E-state index contributed by atoms with van der Waals surface area (Å²) in [6.07, 6.45) is -99.8. The summed E-state index contributed by atoms with van der Waals surface area (Å²) in [5, 5.41) is 317. The second-order valence-electron chi connectivity index (χ2n) is 30.3. The number of carboxylic acids is 1. The van der Waals surface area contributed by atoms with Crippen LogP contribution in [0.5, 0.6) is 0 Å². The van der Waals surface area contributed by atoms with Gasteiger partial charge in [-0.05, 0) is 6.92 Å². The minimum atomic E-state index is -2.61. The van der Waals surface area contributed by atoms with Crippen LogP contribution in [0.15, 0.2) is 0 Å². The number of rotatable bonds is 30. The van der Waals surface area contributed by atoms with E-state index in [4.69, 9.17) is 90.0 Å². The molecule has 0 aromatic rings. The molecule has 54 nitrogen and oxygen atoms in total. The minimum Gasteiger partial charge on any atom is -0.479 e. The summed E-state index contributed by atoms with van der Waals surface area (Å²) in [5.74, 6) is -4.73. The van der Waals surface area contributed by atoms with Crippen molar-refractivity contribution in [1.29, 1.82) is 0 Å². The van der Waals surface area contributed by atoms with Gasteiger partial charge in [0.15, 0.2) is 69.0 Å². The Morgan fingerprint density at radius 1 is 0.258 bits per heavy atom. The van der Waals surface area contributed by atoms with E-state index in [1.165, 1.54) is 6.92 Å². The first-order valence-corrected chi connectivity index (χ1v) is 38.0. The molecular weight excluding hydrogens is 1650 g/mol. The smallest absolute Gasteiger partial charge is 0.335 e. The van der Waals surface area contributed by atoms with Crippen LogP contribution in [0, 0.1) is 0 Å². The van der Waals surface area contributed by atoms with Crippen molar-refractivity contribution >= 4 is 23.7 Å². The highest BCUT2D eigenvalue weighted by molar-refractivity contribution is 5.74. The first-order chi connectivity index (χ1) is 56.6. The first kappa shape index (κ1) is 98.2. The zero-order valence-electron chi connectivity index (χ0n) is 63.9. The number of carbonyl (C=O) groups excluding carboxylic acids is 3. The van der Waals surface area contributed by atoms with Gasteiger partial charge in [-0.1, -0.05) is 0 Å². The molecule has 0 aromatic carbocycles. The lowest BCUT2D eigenvalue weighted by molar-refractivity contribution is -0.399. The summed E-state index contributed by atoms with van der Waals surface area (Å²) in [4.78, 5) is 50.6. The quantitative estimate of drug-likeness (QED) is 0.0318. The highest BCUT2D eigenvalue weighted by Crippen LogP contribution is 2.41. The van der Waals surface area contributed by atoms with Crippen LogP contribution in [0.2, 0.25) is 0 Å². The molecule has 0 aliphatic carbocycles. The molecule has 10 aliphatic heterocycles. The van der Waals surface area contributed by atoms with Crippen molar-refractivity contribution in [3.8, 4) is 0 Å². The number of ether oxygens (including phenoxy) is 19. The molecule has 0 aromatic heterocycles. The molecule has 10 saturated heterocycles. The number of carboxylic acid groups (broad SMARTS) is 1. The van der Waals surface area contributed by atoms with E-state index in [0.717, 1.165) is 20.8 Å². The van der Waals surface area contributed by atoms with Crippen LogP contribution < -0.4 is 16.0 Å². The summed E-state index contributed by atoms with van der Waals surface area (Å²) < 4.78 is 111. The Morgan fingerprint density at radius 3 is 1.02 bits per heavy atom. The van der Waals surface area contributed by atoms with Gasteiger partial charge in [0, 0.05) is 20.8 Å². The van der Waals surface area contributed by atoms with Crippen molar-refractivity contribution < 1.29 is 252 Å².